The van der Waals surface area contributed by atoms with Crippen molar-refractivity contribution >= 4 is 17.6 Å². The predicted octanol–water partition coefficient (Wildman–Crippen LogP) is 2.01. The van der Waals surface area contributed by atoms with Gasteiger partial charge in [0.1, 0.15) is 10.9 Å². The Labute approximate surface area is 92.8 Å². The van der Waals surface area contributed by atoms with Gasteiger partial charge in [-0.05, 0) is 12.5 Å². The first kappa shape index (κ1) is 11.8. The molecular weight excluding hydrogens is 218 g/mol. The van der Waals surface area contributed by atoms with Crippen LogP contribution in [0.2, 0.25) is 5.15 Å². The number of carboxylic acid groups (broad SMARTS) is 1. The lowest BCUT2D eigenvalue weighted by Crippen LogP contribution is -2.13. The molecule has 82 valence electrons. The van der Waals surface area contributed by atoms with E-state index in [0.717, 1.165) is 0 Å². The number of ether oxygens (including phenoxy) is 1. The van der Waals surface area contributed by atoms with Crippen LogP contribution in [0.1, 0.15) is 12.5 Å². The van der Waals surface area contributed by atoms with Crippen molar-refractivity contribution in [2.45, 2.75) is 13.3 Å². The Morgan fingerprint density at radius 1 is 1.73 bits per heavy atom. The summed E-state index contributed by atoms with van der Waals surface area (Å²) in [4.78, 5) is 14.6. The van der Waals surface area contributed by atoms with E-state index in [1.54, 1.807) is 13.0 Å². The SMILES string of the molecule is COc1ccnc(Cl)c1CC(C)C(=O)O. The summed E-state index contributed by atoms with van der Waals surface area (Å²) in [5, 5.41) is 9.09. The molecule has 1 N–H and O–H groups in total. The molecule has 1 atom stereocenters. The summed E-state index contributed by atoms with van der Waals surface area (Å²) in [5.74, 6) is -0.805. The summed E-state index contributed by atoms with van der Waals surface area (Å²) in [5.41, 5.74) is 0.636. The van der Waals surface area contributed by atoms with Crippen molar-refractivity contribution in [2.75, 3.05) is 7.11 Å². The summed E-state index contributed by atoms with van der Waals surface area (Å²) < 4.78 is 5.09. The Kier molecular flexibility index (Phi) is 3.91. The molecule has 1 rings (SSSR count). The van der Waals surface area contributed by atoms with Gasteiger partial charge in [-0.25, -0.2) is 4.98 Å². The number of methoxy groups -OCH3 is 1. The van der Waals surface area contributed by atoms with Crippen LogP contribution in [0.4, 0.5) is 0 Å². The largest absolute Gasteiger partial charge is 0.496 e. The van der Waals surface area contributed by atoms with E-state index in [2.05, 4.69) is 4.98 Å². The summed E-state index contributed by atoms with van der Waals surface area (Å²) in [7, 11) is 1.51. The second-order valence-corrected chi connectivity index (χ2v) is 3.58. The molecule has 1 aromatic rings. The minimum absolute atomic E-state index is 0.294. The molecule has 0 spiro atoms. The number of hydrogen-bond donors (Lipinski definition) is 1. The molecular formula is C10H12ClNO3. The van der Waals surface area contributed by atoms with Gasteiger partial charge in [-0.1, -0.05) is 18.5 Å². The van der Waals surface area contributed by atoms with Crippen molar-refractivity contribution in [3.63, 3.8) is 0 Å². The summed E-state index contributed by atoms with van der Waals surface area (Å²) in [6.45, 7) is 1.62. The molecule has 0 saturated heterocycles. The number of carbonyl (C=O) groups is 1. The van der Waals surface area contributed by atoms with E-state index in [9.17, 15) is 4.79 Å². The molecule has 1 aromatic heterocycles. The van der Waals surface area contributed by atoms with Crippen molar-refractivity contribution in [2.24, 2.45) is 5.92 Å². The molecule has 1 unspecified atom stereocenters. The van der Waals surface area contributed by atoms with E-state index in [0.29, 0.717) is 22.9 Å². The van der Waals surface area contributed by atoms with Crippen molar-refractivity contribution in [1.29, 1.82) is 0 Å². The topological polar surface area (TPSA) is 59.4 Å². The zero-order valence-corrected chi connectivity index (χ0v) is 9.28. The van der Waals surface area contributed by atoms with Gasteiger partial charge in [-0.2, -0.15) is 0 Å². The molecule has 1 heterocycles. The first-order valence-electron chi connectivity index (χ1n) is 4.46. The average Bonchev–Trinajstić information content (AvgIpc) is 2.20. The van der Waals surface area contributed by atoms with Gasteiger partial charge in [-0.15, -0.1) is 0 Å². The standard InChI is InChI=1S/C10H12ClNO3/c1-6(10(13)14)5-7-8(15-2)3-4-12-9(7)11/h3-4,6H,5H2,1-2H3,(H,13,14). The van der Waals surface area contributed by atoms with E-state index >= 15 is 0 Å². The molecule has 4 nitrogen and oxygen atoms in total. The lowest BCUT2D eigenvalue weighted by molar-refractivity contribution is -0.141. The van der Waals surface area contributed by atoms with Crippen LogP contribution >= 0.6 is 11.6 Å². The maximum Gasteiger partial charge on any atom is 0.306 e. The van der Waals surface area contributed by atoms with Crippen LogP contribution in [0.25, 0.3) is 0 Å². The smallest absolute Gasteiger partial charge is 0.306 e. The molecule has 15 heavy (non-hydrogen) atoms. The van der Waals surface area contributed by atoms with Gasteiger partial charge in [0, 0.05) is 11.8 Å². The third-order valence-electron chi connectivity index (χ3n) is 2.11. The molecule has 0 aliphatic heterocycles. The number of pyridine rings is 1. The summed E-state index contributed by atoms with van der Waals surface area (Å²) >= 11 is 5.87. The van der Waals surface area contributed by atoms with Gasteiger partial charge in [-0.3, -0.25) is 4.79 Å². The van der Waals surface area contributed by atoms with Crippen LogP contribution in [0, 0.1) is 5.92 Å². The number of rotatable bonds is 4. The number of carboxylic acids is 1. The number of aliphatic carboxylic acids is 1. The second kappa shape index (κ2) is 4.98. The molecule has 0 aromatic carbocycles. The summed E-state index contributed by atoms with van der Waals surface area (Å²) in [6, 6.07) is 1.66. The molecule has 0 saturated carbocycles. The van der Waals surface area contributed by atoms with Crippen molar-refractivity contribution < 1.29 is 14.6 Å². The molecule has 0 amide bonds. The zero-order chi connectivity index (χ0) is 11.4. The predicted molar refractivity (Wildman–Crippen MR) is 56.3 cm³/mol. The zero-order valence-electron chi connectivity index (χ0n) is 8.53. The van der Waals surface area contributed by atoms with Crippen molar-refractivity contribution in [3.05, 3.63) is 23.0 Å². The monoisotopic (exact) mass is 229 g/mol. The van der Waals surface area contributed by atoms with E-state index in [4.69, 9.17) is 21.4 Å². The molecule has 0 aliphatic carbocycles. The van der Waals surface area contributed by atoms with Gasteiger partial charge < -0.3 is 9.84 Å². The Morgan fingerprint density at radius 2 is 2.40 bits per heavy atom. The number of hydrogen-bond acceptors (Lipinski definition) is 3. The first-order chi connectivity index (χ1) is 7.06. The highest BCUT2D eigenvalue weighted by atomic mass is 35.5. The Morgan fingerprint density at radius 3 is 2.93 bits per heavy atom. The van der Waals surface area contributed by atoms with Crippen LogP contribution in [-0.2, 0) is 11.2 Å². The minimum Gasteiger partial charge on any atom is -0.496 e. The van der Waals surface area contributed by atoms with Crippen molar-refractivity contribution in [1.82, 2.24) is 4.98 Å². The number of halogens is 1. The fourth-order valence-electron chi connectivity index (χ4n) is 1.22. The molecule has 0 aliphatic rings. The van der Waals surface area contributed by atoms with Crippen LogP contribution in [0.15, 0.2) is 12.3 Å². The van der Waals surface area contributed by atoms with E-state index < -0.39 is 11.9 Å². The second-order valence-electron chi connectivity index (χ2n) is 3.23. The van der Waals surface area contributed by atoms with Crippen LogP contribution in [0.3, 0.4) is 0 Å². The number of nitrogens with zero attached hydrogens (tertiary/aromatic N) is 1. The highest BCUT2D eigenvalue weighted by Crippen LogP contribution is 2.26. The maximum absolute atomic E-state index is 10.7. The van der Waals surface area contributed by atoms with E-state index in [1.807, 2.05) is 0 Å². The third kappa shape index (κ3) is 2.83. The number of aromatic nitrogens is 1. The molecule has 0 bridgehead atoms. The Balaban J connectivity index is 2.97. The highest BCUT2D eigenvalue weighted by molar-refractivity contribution is 6.30. The Hall–Kier alpha value is -1.29. The minimum atomic E-state index is -0.864. The first-order valence-corrected chi connectivity index (χ1v) is 4.84. The lowest BCUT2D eigenvalue weighted by Gasteiger charge is -2.11. The third-order valence-corrected chi connectivity index (χ3v) is 2.44. The summed E-state index contributed by atoms with van der Waals surface area (Å²) in [6.07, 6.45) is 1.83. The van der Waals surface area contributed by atoms with Gasteiger partial charge in [0.25, 0.3) is 0 Å². The fraction of sp³-hybridized carbons (Fsp3) is 0.400. The van der Waals surface area contributed by atoms with Crippen LogP contribution < -0.4 is 4.74 Å². The van der Waals surface area contributed by atoms with E-state index in [1.165, 1.54) is 13.3 Å². The van der Waals surface area contributed by atoms with Gasteiger partial charge in [0.05, 0.1) is 13.0 Å². The van der Waals surface area contributed by atoms with E-state index in [-0.39, 0.29) is 0 Å². The van der Waals surface area contributed by atoms with Gasteiger partial charge >= 0.3 is 5.97 Å². The van der Waals surface area contributed by atoms with Crippen molar-refractivity contribution in [3.8, 4) is 5.75 Å². The van der Waals surface area contributed by atoms with Crippen LogP contribution in [0.5, 0.6) is 5.75 Å². The average molecular weight is 230 g/mol. The Bertz CT molecular complexity index is 368. The van der Waals surface area contributed by atoms with Crippen LogP contribution in [-0.4, -0.2) is 23.2 Å². The molecule has 5 heteroatoms. The normalized spacial score (nSPS) is 12.2. The lowest BCUT2D eigenvalue weighted by atomic mass is 10.0. The highest BCUT2D eigenvalue weighted by Gasteiger charge is 2.17. The quantitative estimate of drug-likeness (QED) is 0.803. The fourth-order valence-corrected chi connectivity index (χ4v) is 1.45. The molecule has 0 radical (unpaired) electrons. The maximum atomic E-state index is 10.7. The van der Waals surface area contributed by atoms with Gasteiger partial charge in [0.15, 0.2) is 0 Å². The van der Waals surface area contributed by atoms with Gasteiger partial charge in [0.2, 0.25) is 0 Å². The molecule has 0 fully saturated rings.